The largest absolute Gasteiger partial charge is 0.123 e. The predicted octanol–water partition coefficient (Wildman–Crippen LogP) is 4.03. The van der Waals surface area contributed by atoms with Crippen molar-refractivity contribution in [3.05, 3.63) is 34.9 Å². The van der Waals surface area contributed by atoms with Crippen LogP contribution in [0.2, 0.25) is 0 Å². The maximum Gasteiger partial charge on any atom is 0.0373 e. The number of aryl methyl sites for hydroxylation is 1. The summed E-state index contributed by atoms with van der Waals surface area (Å²) in [5, 5.41) is 0.195. The maximum atomic E-state index is 6.09. The van der Waals surface area contributed by atoms with Gasteiger partial charge in [0.2, 0.25) is 0 Å². The molecule has 2 atom stereocenters. The molecule has 1 heteroatoms. The Kier molecular flexibility index (Phi) is 3.38. The van der Waals surface area contributed by atoms with Gasteiger partial charge in [0, 0.05) is 5.38 Å². The Morgan fingerprint density at radius 1 is 1.15 bits per heavy atom. The smallest absolute Gasteiger partial charge is 0.0373 e. The third-order valence-electron chi connectivity index (χ3n) is 2.83. The number of halogens is 1. The molecule has 1 rings (SSSR count). The fourth-order valence-electron chi connectivity index (χ4n) is 1.51. The summed E-state index contributed by atoms with van der Waals surface area (Å²) in [6.07, 6.45) is 0. The Balaban J connectivity index is 3.07. The highest BCUT2D eigenvalue weighted by atomic mass is 35.5. The van der Waals surface area contributed by atoms with Crippen LogP contribution in [0, 0.1) is 13.8 Å². The average Bonchev–Trinajstić information content (AvgIpc) is 2.08. The van der Waals surface area contributed by atoms with Crippen LogP contribution in [0.25, 0.3) is 0 Å². The van der Waals surface area contributed by atoms with E-state index in [0.717, 1.165) is 0 Å². The van der Waals surface area contributed by atoms with E-state index in [0.29, 0.717) is 5.92 Å². The lowest BCUT2D eigenvalue weighted by Crippen LogP contribution is -2.07. The van der Waals surface area contributed by atoms with Crippen LogP contribution in [0.1, 0.15) is 36.5 Å². The Hall–Kier alpha value is -0.490. The molecule has 0 saturated carbocycles. The minimum absolute atomic E-state index is 0.195. The van der Waals surface area contributed by atoms with Crippen molar-refractivity contribution in [3.8, 4) is 0 Å². The molecule has 0 saturated heterocycles. The van der Waals surface area contributed by atoms with E-state index in [9.17, 15) is 0 Å². The van der Waals surface area contributed by atoms with Gasteiger partial charge in [0.25, 0.3) is 0 Å². The molecule has 0 aromatic heterocycles. The van der Waals surface area contributed by atoms with Crippen molar-refractivity contribution in [1.82, 2.24) is 0 Å². The molecule has 0 amide bonds. The molecule has 0 radical (unpaired) electrons. The minimum Gasteiger partial charge on any atom is -0.123 e. The Morgan fingerprint density at radius 2 is 1.77 bits per heavy atom. The van der Waals surface area contributed by atoms with Crippen LogP contribution in [-0.4, -0.2) is 5.38 Å². The van der Waals surface area contributed by atoms with Gasteiger partial charge in [0.1, 0.15) is 0 Å². The van der Waals surface area contributed by atoms with Crippen LogP contribution in [0.15, 0.2) is 18.2 Å². The number of benzene rings is 1. The molecule has 0 fully saturated rings. The van der Waals surface area contributed by atoms with Gasteiger partial charge in [-0.05, 0) is 43.4 Å². The quantitative estimate of drug-likeness (QED) is 0.627. The van der Waals surface area contributed by atoms with Crippen LogP contribution in [0.3, 0.4) is 0 Å². The fraction of sp³-hybridized carbons (Fsp3) is 0.500. The average molecular weight is 197 g/mol. The molecule has 13 heavy (non-hydrogen) atoms. The standard InChI is InChI=1S/C12H17Cl/c1-8-6-5-7-12(9(8)2)10(3)11(4)13/h5-7,10-11H,1-4H3. The van der Waals surface area contributed by atoms with E-state index in [1.807, 2.05) is 6.92 Å². The normalized spacial score (nSPS) is 15.5. The van der Waals surface area contributed by atoms with E-state index in [1.54, 1.807) is 0 Å². The third kappa shape index (κ3) is 2.25. The van der Waals surface area contributed by atoms with Crippen molar-refractivity contribution in [2.75, 3.05) is 0 Å². The van der Waals surface area contributed by atoms with Crippen LogP contribution >= 0.6 is 11.6 Å². The van der Waals surface area contributed by atoms with Gasteiger partial charge >= 0.3 is 0 Å². The van der Waals surface area contributed by atoms with E-state index >= 15 is 0 Å². The van der Waals surface area contributed by atoms with Gasteiger partial charge in [0.05, 0.1) is 0 Å². The molecular formula is C12H17Cl. The van der Waals surface area contributed by atoms with Gasteiger partial charge in [-0.2, -0.15) is 0 Å². The first-order valence-electron chi connectivity index (χ1n) is 4.74. The molecule has 0 heterocycles. The zero-order valence-electron chi connectivity index (χ0n) is 8.76. The molecule has 0 bridgehead atoms. The second-order valence-electron chi connectivity index (χ2n) is 3.76. The number of alkyl halides is 1. The van der Waals surface area contributed by atoms with Gasteiger partial charge in [-0.25, -0.2) is 0 Å². The predicted molar refractivity (Wildman–Crippen MR) is 59.6 cm³/mol. The number of hydrogen-bond acceptors (Lipinski definition) is 0. The zero-order chi connectivity index (χ0) is 10.0. The summed E-state index contributed by atoms with van der Waals surface area (Å²) < 4.78 is 0. The first kappa shape index (κ1) is 10.6. The minimum atomic E-state index is 0.195. The summed E-state index contributed by atoms with van der Waals surface area (Å²) in [4.78, 5) is 0. The molecule has 0 aliphatic heterocycles. The number of rotatable bonds is 2. The summed E-state index contributed by atoms with van der Waals surface area (Å²) in [6.45, 7) is 8.54. The fourth-order valence-corrected chi connectivity index (χ4v) is 1.65. The first-order chi connectivity index (χ1) is 6.04. The molecule has 0 nitrogen and oxygen atoms in total. The monoisotopic (exact) mass is 196 g/mol. The molecule has 1 aromatic carbocycles. The molecule has 1 aromatic rings. The van der Waals surface area contributed by atoms with Gasteiger partial charge in [-0.1, -0.05) is 25.1 Å². The van der Waals surface area contributed by atoms with Gasteiger partial charge in [-0.3, -0.25) is 0 Å². The van der Waals surface area contributed by atoms with Crippen molar-refractivity contribution < 1.29 is 0 Å². The zero-order valence-corrected chi connectivity index (χ0v) is 9.52. The van der Waals surface area contributed by atoms with E-state index in [-0.39, 0.29) is 5.38 Å². The molecular weight excluding hydrogens is 180 g/mol. The summed E-state index contributed by atoms with van der Waals surface area (Å²) >= 11 is 6.09. The maximum absolute atomic E-state index is 6.09. The SMILES string of the molecule is Cc1cccc(C(C)C(C)Cl)c1C. The van der Waals surface area contributed by atoms with Crippen LogP contribution in [0.4, 0.5) is 0 Å². The van der Waals surface area contributed by atoms with Crippen molar-refractivity contribution in [2.24, 2.45) is 0 Å². The lowest BCUT2D eigenvalue weighted by molar-refractivity contribution is 0.736. The van der Waals surface area contributed by atoms with Crippen LogP contribution in [0.5, 0.6) is 0 Å². The second kappa shape index (κ2) is 4.15. The molecule has 72 valence electrons. The lowest BCUT2D eigenvalue weighted by Gasteiger charge is -2.17. The number of hydrogen-bond donors (Lipinski definition) is 0. The summed E-state index contributed by atoms with van der Waals surface area (Å²) in [6, 6.07) is 6.42. The molecule has 0 N–H and O–H groups in total. The third-order valence-corrected chi connectivity index (χ3v) is 3.20. The van der Waals surface area contributed by atoms with Gasteiger partial charge in [0.15, 0.2) is 0 Å². The highest BCUT2D eigenvalue weighted by molar-refractivity contribution is 6.20. The Morgan fingerprint density at radius 3 is 2.31 bits per heavy atom. The Labute approximate surface area is 85.9 Å². The highest BCUT2D eigenvalue weighted by Crippen LogP contribution is 2.27. The van der Waals surface area contributed by atoms with Crippen molar-refractivity contribution in [2.45, 2.75) is 39.0 Å². The first-order valence-corrected chi connectivity index (χ1v) is 5.18. The van der Waals surface area contributed by atoms with E-state index < -0.39 is 0 Å². The van der Waals surface area contributed by atoms with Crippen molar-refractivity contribution >= 4 is 11.6 Å². The summed E-state index contributed by atoms with van der Waals surface area (Å²) in [5.41, 5.74) is 4.10. The van der Waals surface area contributed by atoms with E-state index in [2.05, 4.69) is 39.0 Å². The van der Waals surface area contributed by atoms with Gasteiger partial charge in [-0.15, -0.1) is 11.6 Å². The summed E-state index contributed by atoms with van der Waals surface area (Å²) in [7, 11) is 0. The molecule has 0 aliphatic rings. The van der Waals surface area contributed by atoms with Crippen LogP contribution in [-0.2, 0) is 0 Å². The van der Waals surface area contributed by atoms with Crippen LogP contribution < -0.4 is 0 Å². The van der Waals surface area contributed by atoms with E-state index in [1.165, 1.54) is 16.7 Å². The summed E-state index contributed by atoms with van der Waals surface area (Å²) in [5.74, 6) is 0.432. The molecule has 2 unspecified atom stereocenters. The van der Waals surface area contributed by atoms with E-state index in [4.69, 9.17) is 11.6 Å². The molecule has 0 spiro atoms. The van der Waals surface area contributed by atoms with Gasteiger partial charge < -0.3 is 0 Å². The molecule has 0 aliphatic carbocycles. The van der Waals surface area contributed by atoms with Crippen molar-refractivity contribution in [3.63, 3.8) is 0 Å². The topological polar surface area (TPSA) is 0 Å². The highest BCUT2D eigenvalue weighted by Gasteiger charge is 2.13. The Bertz CT molecular complexity index is 289. The van der Waals surface area contributed by atoms with Crippen molar-refractivity contribution in [1.29, 1.82) is 0 Å². The lowest BCUT2D eigenvalue weighted by atomic mass is 9.92. The second-order valence-corrected chi connectivity index (χ2v) is 4.44.